The summed E-state index contributed by atoms with van der Waals surface area (Å²) >= 11 is 8.12. The number of nitrogens with one attached hydrogen (secondary N) is 1. The average Bonchev–Trinajstić information content (AvgIpc) is 2.75. The highest BCUT2D eigenvalue weighted by Gasteiger charge is 2.15. The molecule has 0 aliphatic carbocycles. The van der Waals surface area contributed by atoms with Gasteiger partial charge in [0.25, 0.3) is 5.91 Å². The van der Waals surface area contributed by atoms with Crippen molar-refractivity contribution >= 4 is 52.3 Å². The van der Waals surface area contributed by atoms with Crippen molar-refractivity contribution in [2.24, 2.45) is 5.10 Å². The molecular weight excluding hydrogens is 519 g/mol. The quantitative estimate of drug-likeness (QED) is 0.160. The molecule has 0 atom stereocenters. The molecule has 3 aromatic rings. The summed E-state index contributed by atoms with van der Waals surface area (Å²) in [5.41, 5.74) is 3.92. The summed E-state index contributed by atoms with van der Waals surface area (Å²) in [6, 6.07) is 18.7. The van der Waals surface area contributed by atoms with E-state index >= 15 is 0 Å². The number of rotatable bonds is 6. The number of hydrogen-bond donors (Lipinski definition) is 1. The Morgan fingerprint density at radius 1 is 1.00 bits per heavy atom. The molecule has 3 aromatic carbocycles. The molecule has 1 amide bonds. The van der Waals surface area contributed by atoms with Crippen molar-refractivity contribution < 1.29 is 19.1 Å². The summed E-state index contributed by atoms with van der Waals surface area (Å²) in [6.45, 7) is 0. The van der Waals surface area contributed by atoms with Crippen LogP contribution in [0.25, 0.3) is 0 Å². The summed E-state index contributed by atoms with van der Waals surface area (Å²) in [7, 11) is 1.46. The minimum absolute atomic E-state index is 0.238. The van der Waals surface area contributed by atoms with Crippen LogP contribution >= 0.6 is 34.2 Å². The Labute approximate surface area is 192 Å². The summed E-state index contributed by atoms with van der Waals surface area (Å²) in [5, 5.41) is 4.28. The molecule has 8 heteroatoms. The van der Waals surface area contributed by atoms with E-state index in [-0.39, 0.29) is 17.2 Å². The third-order valence-electron chi connectivity index (χ3n) is 3.98. The topological polar surface area (TPSA) is 77.0 Å². The van der Waals surface area contributed by atoms with Gasteiger partial charge in [-0.25, -0.2) is 10.2 Å². The largest absolute Gasteiger partial charge is 0.493 e. The van der Waals surface area contributed by atoms with Gasteiger partial charge in [-0.1, -0.05) is 35.9 Å². The third-order valence-corrected chi connectivity index (χ3v) is 5.25. The summed E-state index contributed by atoms with van der Waals surface area (Å²) in [5.74, 6) is -0.329. The molecule has 0 fully saturated rings. The molecule has 0 aliphatic rings. The Hall–Kier alpha value is -2.91. The molecule has 0 heterocycles. The molecule has 1 N–H and O–H groups in total. The highest BCUT2D eigenvalue weighted by Crippen LogP contribution is 2.29. The van der Waals surface area contributed by atoms with Crippen molar-refractivity contribution in [3.8, 4) is 11.5 Å². The Morgan fingerprint density at radius 2 is 1.70 bits per heavy atom. The minimum atomic E-state index is -0.593. The number of amides is 1. The predicted octanol–water partition coefficient (Wildman–Crippen LogP) is 4.94. The summed E-state index contributed by atoms with van der Waals surface area (Å²) in [6.07, 6.45) is 1.47. The number of nitrogens with zero attached hydrogens (tertiary/aromatic N) is 1. The van der Waals surface area contributed by atoms with Gasteiger partial charge in [-0.15, -0.1) is 0 Å². The van der Waals surface area contributed by atoms with Crippen LogP contribution in [0.15, 0.2) is 71.8 Å². The maximum absolute atomic E-state index is 12.4. The van der Waals surface area contributed by atoms with E-state index in [0.29, 0.717) is 21.9 Å². The Bertz CT molecular complexity index is 1120. The maximum atomic E-state index is 12.4. The van der Waals surface area contributed by atoms with Gasteiger partial charge in [0.2, 0.25) is 0 Å². The lowest BCUT2D eigenvalue weighted by Gasteiger charge is -2.10. The standard InChI is InChI=1S/C22H16ClIN2O4/c1-29-20-12-14(13-25-26-21(27)16-7-3-5-9-18(16)24)10-11-19(20)30-22(28)15-6-2-4-8-17(15)23/h2-13H,1H3,(H,26,27)/b25-13+. The first-order valence-corrected chi connectivity index (χ1v) is 10.2. The van der Waals surface area contributed by atoms with E-state index in [1.54, 1.807) is 54.6 Å². The zero-order chi connectivity index (χ0) is 21.5. The number of carbonyl (C=O) groups excluding carboxylic acids is 2. The Kier molecular flexibility index (Phi) is 7.42. The van der Waals surface area contributed by atoms with Crippen molar-refractivity contribution in [3.63, 3.8) is 0 Å². The molecule has 0 saturated carbocycles. The van der Waals surface area contributed by atoms with Gasteiger partial charge in [-0.3, -0.25) is 4.79 Å². The molecule has 0 aromatic heterocycles. The van der Waals surface area contributed by atoms with E-state index in [9.17, 15) is 9.59 Å². The molecule has 0 radical (unpaired) electrons. The van der Waals surface area contributed by atoms with E-state index in [4.69, 9.17) is 21.1 Å². The van der Waals surface area contributed by atoms with E-state index in [1.165, 1.54) is 13.3 Å². The van der Waals surface area contributed by atoms with Crippen molar-refractivity contribution in [2.45, 2.75) is 0 Å². The predicted molar refractivity (Wildman–Crippen MR) is 124 cm³/mol. The van der Waals surface area contributed by atoms with Crippen LogP contribution in [0, 0.1) is 3.57 Å². The summed E-state index contributed by atoms with van der Waals surface area (Å²) in [4.78, 5) is 24.6. The lowest BCUT2D eigenvalue weighted by atomic mass is 10.2. The van der Waals surface area contributed by atoms with Crippen LogP contribution in [-0.4, -0.2) is 25.2 Å². The highest BCUT2D eigenvalue weighted by atomic mass is 127. The van der Waals surface area contributed by atoms with Gasteiger partial charge in [0.05, 0.1) is 29.5 Å². The number of benzene rings is 3. The van der Waals surface area contributed by atoms with Crippen molar-refractivity contribution in [1.29, 1.82) is 0 Å². The SMILES string of the molecule is COc1cc(/C=N/NC(=O)c2ccccc2I)ccc1OC(=O)c1ccccc1Cl. The van der Waals surface area contributed by atoms with E-state index in [2.05, 4.69) is 33.1 Å². The van der Waals surface area contributed by atoms with E-state index in [0.717, 1.165) is 3.57 Å². The zero-order valence-corrected chi connectivity index (χ0v) is 18.7. The molecule has 6 nitrogen and oxygen atoms in total. The first-order chi connectivity index (χ1) is 14.5. The van der Waals surface area contributed by atoms with Gasteiger partial charge in [0.15, 0.2) is 11.5 Å². The fourth-order valence-electron chi connectivity index (χ4n) is 2.50. The molecule has 30 heavy (non-hydrogen) atoms. The molecule has 0 spiro atoms. The number of hydrazone groups is 1. The third kappa shape index (κ3) is 5.37. The number of methoxy groups -OCH3 is 1. The maximum Gasteiger partial charge on any atom is 0.345 e. The smallest absolute Gasteiger partial charge is 0.345 e. The fraction of sp³-hybridized carbons (Fsp3) is 0.0455. The first-order valence-electron chi connectivity index (χ1n) is 8.72. The number of ether oxygens (including phenoxy) is 2. The van der Waals surface area contributed by atoms with Crippen LogP contribution in [0.5, 0.6) is 11.5 Å². The number of hydrogen-bond acceptors (Lipinski definition) is 5. The van der Waals surface area contributed by atoms with Crippen LogP contribution in [0.2, 0.25) is 5.02 Å². The zero-order valence-electron chi connectivity index (χ0n) is 15.8. The lowest BCUT2D eigenvalue weighted by Crippen LogP contribution is -2.18. The van der Waals surface area contributed by atoms with Gasteiger partial charge in [0.1, 0.15) is 0 Å². The molecule has 0 aliphatic heterocycles. The van der Waals surface area contributed by atoms with Gasteiger partial charge in [-0.2, -0.15) is 5.10 Å². The van der Waals surface area contributed by atoms with Crippen LogP contribution in [0.1, 0.15) is 26.3 Å². The van der Waals surface area contributed by atoms with Gasteiger partial charge in [0, 0.05) is 3.57 Å². The Morgan fingerprint density at radius 3 is 2.40 bits per heavy atom. The van der Waals surface area contributed by atoms with Crippen LogP contribution in [0.4, 0.5) is 0 Å². The van der Waals surface area contributed by atoms with Crippen LogP contribution in [-0.2, 0) is 0 Å². The second-order valence-corrected chi connectivity index (χ2v) is 7.53. The van der Waals surface area contributed by atoms with Crippen molar-refractivity contribution in [1.82, 2.24) is 5.43 Å². The molecule has 0 bridgehead atoms. The lowest BCUT2D eigenvalue weighted by molar-refractivity contribution is 0.0729. The fourth-order valence-corrected chi connectivity index (χ4v) is 3.35. The molecular formula is C22H16ClIN2O4. The van der Waals surface area contributed by atoms with Crippen molar-refractivity contribution in [3.05, 3.63) is 92.0 Å². The average molecular weight is 535 g/mol. The second kappa shape index (κ2) is 10.2. The molecule has 0 unspecified atom stereocenters. The second-order valence-electron chi connectivity index (χ2n) is 5.96. The molecule has 152 valence electrons. The van der Waals surface area contributed by atoms with Gasteiger partial charge < -0.3 is 9.47 Å². The normalized spacial score (nSPS) is 10.6. The Balaban J connectivity index is 1.70. The highest BCUT2D eigenvalue weighted by molar-refractivity contribution is 14.1. The monoisotopic (exact) mass is 534 g/mol. The van der Waals surface area contributed by atoms with E-state index in [1.807, 2.05) is 12.1 Å². The van der Waals surface area contributed by atoms with E-state index < -0.39 is 5.97 Å². The van der Waals surface area contributed by atoms with Crippen LogP contribution in [0.3, 0.4) is 0 Å². The first kappa shape index (κ1) is 21.8. The number of esters is 1. The van der Waals surface area contributed by atoms with Crippen molar-refractivity contribution in [2.75, 3.05) is 7.11 Å². The molecule has 3 rings (SSSR count). The van der Waals surface area contributed by atoms with Gasteiger partial charge >= 0.3 is 5.97 Å². The van der Waals surface area contributed by atoms with Crippen LogP contribution < -0.4 is 14.9 Å². The van der Waals surface area contributed by atoms with Gasteiger partial charge in [-0.05, 0) is 70.6 Å². The minimum Gasteiger partial charge on any atom is -0.493 e. The number of carbonyl (C=O) groups is 2. The molecule has 0 saturated heterocycles. The number of halogens is 2. The summed E-state index contributed by atoms with van der Waals surface area (Å²) < 4.78 is 11.5.